The monoisotopic (exact) mass is 415 g/mol. The van der Waals surface area contributed by atoms with Crippen molar-refractivity contribution in [2.75, 3.05) is 19.5 Å². The molecular formula is C21H22ClN3O2S. The van der Waals surface area contributed by atoms with Gasteiger partial charge in [-0.1, -0.05) is 35.5 Å². The zero-order valence-corrected chi connectivity index (χ0v) is 17.2. The maximum atomic E-state index is 6.45. The standard InChI is InChI=1S/C21H22ClN3O2S/c1-26-16-11-9-15(10-12-16)25-20(18-7-2-3-8-19(18)22)23-24-21(25)28-14-17-6-4-5-13-27-17/h2-3,7-12,17H,4-6,13-14H2,1H3/t17-/m0/s1. The molecule has 0 bridgehead atoms. The Labute approximate surface area is 174 Å². The summed E-state index contributed by atoms with van der Waals surface area (Å²) in [7, 11) is 1.66. The largest absolute Gasteiger partial charge is 0.497 e. The van der Waals surface area contributed by atoms with Gasteiger partial charge in [-0.25, -0.2) is 0 Å². The minimum Gasteiger partial charge on any atom is -0.497 e. The van der Waals surface area contributed by atoms with Gasteiger partial charge in [0.15, 0.2) is 11.0 Å². The molecule has 1 aliphatic heterocycles. The Morgan fingerprint density at radius 1 is 1.14 bits per heavy atom. The molecule has 0 N–H and O–H groups in total. The van der Waals surface area contributed by atoms with Gasteiger partial charge in [0.2, 0.25) is 0 Å². The summed E-state index contributed by atoms with van der Waals surface area (Å²) >= 11 is 8.12. The van der Waals surface area contributed by atoms with Gasteiger partial charge in [0.25, 0.3) is 0 Å². The van der Waals surface area contributed by atoms with Gasteiger partial charge in [0, 0.05) is 23.6 Å². The molecule has 3 aromatic rings. The Morgan fingerprint density at radius 3 is 2.68 bits per heavy atom. The van der Waals surface area contributed by atoms with Crippen LogP contribution in [0.1, 0.15) is 19.3 Å². The molecule has 28 heavy (non-hydrogen) atoms. The van der Waals surface area contributed by atoms with Crippen molar-refractivity contribution in [3.8, 4) is 22.8 Å². The van der Waals surface area contributed by atoms with Crippen molar-refractivity contribution in [2.45, 2.75) is 30.5 Å². The van der Waals surface area contributed by atoms with E-state index < -0.39 is 0 Å². The van der Waals surface area contributed by atoms with Crippen LogP contribution in [0.15, 0.2) is 53.7 Å². The highest BCUT2D eigenvalue weighted by Gasteiger charge is 2.20. The summed E-state index contributed by atoms with van der Waals surface area (Å²) < 4.78 is 13.2. The third-order valence-electron chi connectivity index (χ3n) is 4.75. The molecule has 2 heterocycles. The van der Waals surface area contributed by atoms with E-state index in [1.54, 1.807) is 18.9 Å². The summed E-state index contributed by atoms with van der Waals surface area (Å²) in [5, 5.41) is 10.4. The number of halogens is 1. The number of ether oxygens (including phenoxy) is 2. The van der Waals surface area contributed by atoms with Crippen molar-refractivity contribution < 1.29 is 9.47 Å². The van der Waals surface area contributed by atoms with E-state index in [1.165, 1.54) is 6.42 Å². The topological polar surface area (TPSA) is 49.2 Å². The maximum absolute atomic E-state index is 6.45. The molecule has 0 amide bonds. The van der Waals surface area contributed by atoms with E-state index in [2.05, 4.69) is 10.2 Å². The number of aromatic nitrogens is 3. The third kappa shape index (κ3) is 4.19. The van der Waals surface area contributed by atoms with Crippen molar-refractivity contribution in [3.05, 3.63) is 53.6 Å². The molecule has 0 unspecified atom stereocenters. The zero-order chi connectivity index (χ0) is 19.3. The van der Waals surface area contributed by atoms with E-state index in [9.17, 15) is 0 Å². The first-order chi connectivity index (χ1) is 13.8. The Morgan fingerprint density at radius 2 is 1.96 bits per heavy atom. The zero-order valence-electron chi connectivity index (χ0n) is 15.7. The van der Waals surface area contributed by atoms with E-state index in [0.29, 0.717) is 5.02 Å². The summed E-state index contributed by atoms with van der Waals surface area (Å²) in [6.45, 7) is 0.848. The van der Waals surface area contributed by atoms with E-state index in [0.717, 1.165) is 53.2 Å². The van der Waals surface area contributed by atoms with Crippen LogP contribution in [-0.4, -0.2) is 40.3 Å². The lowest BCUT2D eigenvalue weighted by molar-refractivity contribution is 0.0315. The molecule has 1 atom stereocenters. The SMILES string of the molecule is COc1ccc(-n2c(SC[C@@H]3CCCCO3)nnc2-c2ccccc2Cl)cc1. The summed E-state index contributed by atoms with van der Waals surface area (Å²) in [5.41, 5.74) is 1.82. The predicted molar refractivity (Wildman–Crippen MR) is 113 cm³/mol. The van der Waals surface area contributed by atoms with Crippen LogP contribution in [0.4, 0.5) is 0 Å². The fourth-order valence-electron chi connectivity index (χ4n) is 3.25. The second-order valence-electron chi connectivity index (χ2n) is 6.62. The Bertz CT molecular complexity index is 924. The summed E-state index contributed by atoms with van der Waals surface area (Å²) in [6.07, 6.45) is 3.74. The molecule has 4 rings (SSSR count). The Balaban J connectivity index is 1.70. The van der Waals surface area contributed by atoms with E-state index in [4.69, 9.17) is 21.1 Å². The minimum atomic E-state index is 0.267. The molecule has 0 aliphatic carbocycles. The molecule has 2 aromatic carbocycles. The maximum Gasteiger partial charge on any atom is 0.196 e. The molecule has 1 saturated heterocycles. The highest BCUT2D eigenvalue weighted by atomic mass is 35.5. The lowest BCUT2D eigenvalue weighted by atomic mass is 10.1. The van der Waals surface area contributed by atoms with E-state index >= 15 is 0 Å². The van der Waals surface area contributed by atoms with Gasteiger partial charge < -0.3 is 9.47 Å². The molecule has 146 valence electrons. The van der Waals surface area contributed by atoms with Crippen molar-refractivity contribution in [2.24, 2.45) is 0 Å². The molecule has 5 nitrogen and oxygen atoms in total. The van der Waals surface area contributed by atoms with Crippen molar-refractivity contribution in [1.82, 2.24) is 14.8 Å². The predicted octanol–water partition coefficient (Wildman–Crippen LogP) is 5.26. The number of thioether (sulfide) groups is 1. The van der Waals surface area contributed by atoms with Gasteiger partial charge in [0.1, 0.15) is 5.75 Å². The first-order valence-corrected chi connectivity index (χ1v) is 10.7. The number of methoxy groups -OCH3 is 1. The van der Waals surface area contributed by atoms with Crippen LogP contribution in [0, 0.1) is 0 Å². The molecule has 0 saturated carbocycles. The molecule has 1 fully saturated rings. The number of hydrogen-bond acceptors (Lipinski definition) is 5. The third-order valence-corrected chi connectivity index (χ3v) is 6.14. The van der Waals surface area contributed by atoms with Crippen molar-refractivity contribution >= 4 is 23.4 Å². The Kier molecular flexibility index (Phi) is 6.20. The number of nitrogens with zero attached hydrogens (tertiary/aromatic N) is 3. The second-order valence-corrected chi connectivity index (χ2v) is 8.01. The molecule has 1 aromatic heterocycles. The second kappa shape index (κ2) is 8.99. The summed E-state index contributed by atoms with van der Waals surface area (Å²) in [4.78, 5) is 0. The first kappa shape index (κ1) is 19.3. The van der Waals surface area contributed by atoms with Gasteiger partial charge in [-0.05, 0) is 55.7 Å². The van der Waals surface area contributed by atoms with Gasteiger partial charge >= 0.3 is 0 Å². The van der Waals surface area contributed by atoms with Gasteiger partial charge in [-0.2, -0.15) is 0 Å². The summed E-state index contributed by atoms with van der Waals surface area (Å²) in [6, 6.07) is 15.6. The van der Waals surface area contributed by atoms with Crippen molar-refractivity contribution in [3.63, 3.8) is 0 Å². The van der Waals surface area contributed by atoms with E-state index in [1.807, 2.05) is 53.1 Å². The van der Waals surface area contributed by atoms with Gasteiger partial charge in [-0.15, -0.1) is 10.2 Å². The number of hydrogen-bond donors (Lipinski definition) is 0. The fraction of sp³-hybridized carbons (Fsp3) is 0.333. The molecule has 0 radical (unpaired) electrons. The van der Waals surface area contributed by atoms with E-state index in [-0.39, 0.29) is 6.10 Å². The minimum absolute atomic E-state index is 0.267. The quantitative estimate of drug-likeness (QED) is 0.514. The van der Waals surface area contributed by atoms with Gasteiger partial charge in [-0.3, -0.25) is 4.57 Å². The lowest BCUT2D eigenvalue weighted by Crippen LogP contribution is -2.21. The molecular weight excluding hydrogens is 394 g/mol. The van der Waals surface area contributed by atoms with Crippen LogP contribution in [-0.2, 0) is 4.74 Å². The fourth-order valence-corrected chi connectivity index (χ4v) is 4.49. The average Bonchev–Trinajstić information content (AvgIpc) is 3.17. The van der Waals surface area contributed by atoms with Crippen LogP contribution in [0.2, 0.25) is 5.02 Å². The molecule has 0 spiro atoms. The average molecular weight is 416 g/mol. The molecule has 1 aliphatic rings. The number of benzene rings is 2. The first-order valence-electron chi connectivity index (χ1n) is 9.35. The highest BCUT2D eigenvalue weighted by Crippen LogP contribution is 2.33. The van der Waals surface area contributed by atoms with Crippen LogP contribution in [0.25, 0.3) is 17.1 Å². The van der Waals surface area contributed by atoms with Crippen LogP contribution in [0.3, 0.4) is 0 Å². The smallest absolute Gasteiger partial charge is 0.196 e. The molecule has 7 heteroatoms. The Hall–Kier alpha value is -2.02. The van der Waals surface area contributed by atoms with Crippen molar-refractivity contribution in [1.29, 1.82) is 0 Å². The highest BCUT2D eigenvalue weighted by molar-refractivity contribution is 7.99. The number of rotatable bonds is 6. The van der Waals surface area contributed by atoms with Gasteiger partial charge in [0.05, 0.1) is 18.2 Å². The summed E-state index contributed by atoms with van der Waals surface area (Å²) in [5.74, 6) is 2.39. The van der Waals surface area contributed by atoms with Crippen LogP contribution in [0.5, 0.6) is 5.75 Å². The van der Waals surface area contributed by atoms with Crippen LogP contribution < -0.4 is 4.74 Å². The normalized spacial score (nSPS) is 16.9. The van der Waals surface area contributed by atoms with Crippen LogP contribution >= 0.6 is 23.4 Å². The lowest BCUT2D eigenvalue weighted by Gasteiger charge is -2.22.